The highest BCUT2D eigenvalue weighted by Gasteiger charge is 2.13. The van der Waals surface area contributed by atoms with Crippen LogP contribution in [0.15, 0.2) is 18.2 Å². The highest BCUT2D eigenvalue weighted by Crippen LogP contribution is 2.21. The Bertz CT molecular complexity index is 464. The summed E-state index contributed by atoms with van der Waals surface area (Å²) in [6.07, 6.45) is 11.1. The third-order valence-electron chi connectivity index (χ3n) is 4.05. The van der Waals surface area contributed by atoms with E-state index in [0.717, 1.165) is 44.5 Å². The van der Waals surface area contributed by atoms with Gasteiger partial charge in [-0.25, -0.2) is 0 Å². The number of carbonyl (C=O) groups excluding carboxylic acids is 1. The number of unbranched alkanes of at least 4 members (excludes halogenated alkanes) is 6. The summed E-state index contributed by atoms with van der Waals surface area (Å²) in [5.41, 5.74) is 1.43. The van der Waals surface area contributed by atoms with E-state index in [0.29, 0.717) is 11.7 Å². The Hall–Kier alpha value is -1.39. The lowest BCUT2D eigenvalue weighted by molar-refractivity contribution is 0.112. The number of carbonyl (C=O) groups is 1. The number of benzene rings is 1. The van der Waals surface area contributed by atoms with Crippen LogP contribution in [0.4, 0.5) is 0 Å². The summed E-state index contributed by atoms with van der Waals surface area (Å²) < 4.78 is 9.21. The quantitative estimate of drug-likeness (QED) is 0.390. The summed E-state index contributed by atoms with van der Waals surface area (Å²) in [5, 5.41) is 9.56. The Labute approximate surface area is 152 Å². The lowest BCUT2D eigenvalue weighted by Crippen LogP contribution is -1.93. The van der Waals surface area contributed by atoms with Crippen molar-refractivity contribution in [1.82, 2.24) is 0 Å². The highest BCUT2D eigenvalue weighted by atomic mass is 16.6. The SMILES string of the molecule is C1CO1.CC1CO1.CCCCCCCCCc1cccc(O)c1C=O. The molecule has 0 radical (unpaired) electrons. The van der Waals surface area contributed by atoms with Crippen molar-refractivity contribution in [2.75, 3.05) is 19.8 Å². The van der Waals surface area contributed by atoms with Crippen molar-refractivity contribution in [3.8, 4) is 5.75 Å². The summed E-state index contributed by atoms with van der Waals surface area (Å²) in [6, 6.07) is 5.30. The molecule has 1 aromatic rings. The van der Waals surface area contributed by atoms with Crippen molar-refractivity contribution >= 4 is 6.29 Å². The van der Waals surface area contributed by atoms with E-state index < -0.39 is 0 Å². The fraction of sp³-hybridized carbons (Fsp3) is 0.667. The van der Waals surface area contributed by atoms with Gasteiger partial charge < -0.3 is 14.6 Å². The van der Waals surface area contributed by atoms with Gasteiger partial charge in [0.2, 0.25) is 0 Å². The molecule has 0 amide bonds. The van der Waals surface area contributed by atoms with Crippen LogP contribution in [-0.4, -0.2) is 37.3 Å². The van der Waals surface area contributed by atoms with Crippen molar-refractivity contribution < 1.29 is 19.4 Å². The number of epoxide rings is 2. The van der Waals surface area contributed by atoms with Gasteiger partial charge in [-0.15, -0.1) is 0 Å². The number of phenols is 1. The second kappa shape index (κ2) is 13.9. The number of hydrogen-bond donors (Lipinski definition) is 1. The number of rotatable bonds is 9. The van der Waals surface area contributed by atoms with Crippen molar-refractivity contribution in [3.05, 3.63) is 29.3 Å². The molecule has 2 fully saturated rings. The number of hydrogen-bond acceptors (Lipinski definition) is 4. The minimum atomic E-state index is 0.102. The van der Waals surface area contributed by atoms with Crippen LogP contribution in [0.3, 0.4) is 0 Å². The van der Waals surface area contributed by atoms with Crippen LogP contribution in [0, 0.1) is 0 Å². The molecule has 25 heavy (non-hydrogen) atoms. The van der Waals surface area contributed by atoms with Gasteiger partial charge in [-0.3, -0.25) is 4.79 Å². The summed E-state index contributed by atoms with van der Waals surface area (Å²) in [6.45, 7) is 7.27. The Morgan fingerprint density at radius 2 is 1.68 bits per heavy atom. The molecule has 3 rings (SSSR count). The van der Waals surface area contributed by atoms with E-state index >= 15 is 0 Å². The maximum absolute atomic E-state index is 10.9. The number of ether oxygens (including phenoxy) is 2. The zero-order chi connectivity index (χ0) is 18.3. The zero-order valence-corrected chi connectivity index (χ0v) is 15.8. The fourth-order valence-electron chi connectivity index (χ4n) is 2.32. The lowest BCUT2D eigenvalue weighted by atomic mass is 10.0. The van der Waals surface area contributed by atoms with E-state index in [1.807, 2.05) is 6.07 Å². The molecule has 4 nitrogen and oxygen atoms in total. The van der Waals surface area contributed by atoms with E-state index in [2.05, 4.69) is 18.6 Å². The molecule has 0 saturated carbocycles. The molecule has 2 saturated heterocycles. The fourth-order valence-corrected chi connectivity index (χ4v) is 2.32. The Kier molecular flexibility index (Phi) is 12.0. The number of aldehydes is 1. The third-order valence-corrected chi connectivity index (χ3v) is 4.05. The van der Waals surface area contributed by atoms with Gasteiger partial charge in [0.05, 0.1) is 31.5 Å². The zero-order valence-electron chi connectivity index (χ0n) is 15.8. The summed E-state index contributed by atoms with van der Waals surface area (Å²) in [4.78, 5) is 10.9. The van der Waals surface area contributed by atoms with Crippen LogP contribution in [0.5, 0.6) is 5.75 Å². The monoisotopic (exact) mass is 350 g/mol. The van der Waals surface area contributed by atoms with Crippen LogP contribution < -0.4 is 0 Å². The molecule has 1 atom stereocenters. The Balaban J connectivity index is 0.000000362. The standard InChI is InChI=1S/C16H24O2.C3H6O.C2H4O/c1-2-3-4-5-6-7-8-10-14-11-9-12-16(18)15(14)13-17;1-3-2-4-3;1-2-3-1/h9,11-13,18H,2-8,10H2,1H3;3H,2H2,1H3;1-2H2. The number of aryl methyl sites for hydroxylation is 1. The summed E-state index contributed by atoms with van der Waals surface area (Å²) >= 11 is 0. The molecular formula is C21H34O4. The van der Waals surface area contributed by atoms with E-state index in [4.69, 9.17) is 4.74 Å². The molecule has 0 bridgehead atoms. The first-order valence-electron chi connectivity index (χ1n) is 9.64. The van der Waals surface area contributed by atoms with Crippen LogP contribution in [0.1, 0.15) is 74.7 Å². The van der Waals surface area contributed by atoms with Crippen LogP contribution >= 0.6 is 0 Å². The second-order valence-electron chi connectivity index (χ2n) is 6.60. The minimum Gasteiger partial charge on any atom is -0.507 e. The molecule has 0 aromatic heterocycles. The van der Waals surface area contributed by atoms with Crippen molar-refractivity contribution in [1.29, 1.82) is 0 Å². The largest absolute Gasteiger partial charge is 0.507 e. The van der Waals surface area contributed by atoms with Crippen molar-refractivity contribution in [2.45, 2.75) is 71.3 Å². The predicted molar refractivity (Wildman–Crippen MR) is 101 cm³/mol. The average molecular weight is 350 g/mol. The summed E-state index contributed by atoms with van der Waals surface area (Å²) in [7, 11) is 0. The maximum atomic E-state index is 10.9. The topological polar surface area (TPSA) is 62.4 Å². The molecule has 1 unspecified atom stereocenters. The second-order valence-corrected chi connectivity index (χ2v) is 6.60. The van der Waals surface area contributed by atoms with E-state index in [1.165, 1.54) is 38.5 Å². The van der Waals surface area contributed by atoms with Gasteiger partial charge in [-0.1, -0.05) is 57.6 Å². The normalized spacial score (nSPS) is 16.8. The molecule has 1 N–H and O–H groups in total. The number of aromatic hydroxyl groups is 1. The maximum Gasteiger partial charge on any atom is 0.154 e. The Morgan fingerprint density at radius 1 is 1.12 bits per heavy atom. The molecule has 142 valence electrons. The third kappa shape index (κ3) is 12.6. The van der Waals surface area contributed by atoms with Crippen LogP contribution in [0.2, 0.25) is 0 Å². The molecule has 2 aliphatic heterocycles. The summed E-state index contributed by atoms with van der Waals surface area (Å²) in [5.74, 6) is 0.102. The Morgan fingerprint density at radius 3 is 2.16 bits per heavy atom. The minimum absolute atomic E-state index is 0.102. The van der Waals surface area contributed by atoms with Crippen molar-refractivity contribution in [3.63, 3.8) is 0 Å². The van der Waals surface area contributed by atoms with Gasteiger partial charge in [0, 0.05) is 0 Å². The molecule has 0 spiro atoms. The van der Waals surface area contributed by atoms with Gasteiger partial charge in [0.1, 0.15) is 5.75 Å². The molecule has 0 aliphatic carbocycles. The van der Waals surface area contributed by atoms with E-state index in [1.54, 1.807) is 12.1 Å². The van der Waals surface area contributed by atoms with Gasteiger partial charge in [-0.05, 0) is 31.4 Å². The van der Waals surface area contributed by atoms with Gasteiger partial charge >= 0.3 is 0 Å². The predicted octanol–water partition coefficient (Wildman–Crippen LogP) is 4.92. The molecule has 4 heteroatoms. The average Bonchev–Trinajstić information content (AvgIpc) is 3.49. The van der Waals surface area contributed by atoms with E-state index in [-0.39, 0.29) is 5.75 Å². The van der Waals surface area contributed by atoms with Gasteiger partial charge in [0.15, 0.2) is 6.29 Å². The van der Waals surface area contributed by atoms with Gasteiger partial charge in [0.25, 0.3) is 0 Å². The highest BCUT2D eigenvalue weighted by molar-refractivity contribution is 5.81. The van der Waals surface area contributed by atoms with E-state index in [9.17, 15) is 9.90 Å². The molecule has 2 heterocycles. The lowest BCUT2D eigenvalue weighted by Gasteiger charge is -2.06. The smallest absolute Gasteiger partial charge is 0.154 e. The first-order chi connectivity index (χ1) is 12.2. The van der Waals surface area contributed by atoms with Crippen molar-refractivity contribution in [2.24, 2.45) is 0 Å². The first-order valence-corrected chi connectivity index (χ1v) is 9.64. The van der Waals surface area contributed by atoms with Crippen LogP contribution in [0.25, 0.3) is 0 Å². The van der Waals surface area contributed by atoms with Crippen LogP contribution in [-0.2, 0) is 15.9 Å². The molecule has 1 aromatic carbocycles. The molecule has 2 aliphatic rings. The number of phenolic OH excluding ortho intramolecular Hbond substituents is 1. The van der Waals surface area contributed by atoms with Gasteiger partial charge in [-0.2, -0.15) is 0 Å². The molecular weight excluding hydrogens is 316 g/mol. The first kappa shape index (κ1) is 21.7.